The fourth-order valence-corrected chi connectivity index (χ4v) is 3.19. The predicted octanol–water partition coefficient (Wildman–Crippen LogP) is 1.69. The Morgan fingerprint density at radius 1 is 1.26 bits per heavy atom. The zero-order chi connectivity index (χ0) is 18.8. The average molecular weight is 366 g/mol. The molecule has 1 aliphatic heterocycles. The molecule has 4 rings (SSSR count). The highest BCUT2D eigenvalue weighted by atomic mass is 16.5. The Hall–Kier alpha value is -2.84. The van der Waals surface area contributed by atoms with Gasteiger partial charge in [0.2, 0.25) is 5.91 Å². The van der Waals surface area contributed by atoms with Gasteiger partial charge in [-0.2, -0.15) is 5.10 Å². The normalized spacial score (nSPS) is 17.9. The fourth-order valence-electron chi connectivity index (χ4n) is 3.19. The Labute approximate surface area is 157 Å². The molecule has 0 bridgehead atoms. The van der Waals surface area contributed by atoms with Gasteiger partial charge in [0.15, 0.2) is 0 Å². The second-order valence-electron chi connectivity index (χ2n) is 6.83. The molecule has 1 fully saturated rings. The van der Waals surface area contributed by atoms with Gasteiger partial charge in [-0.05, 0) is 19.1 Å². The van der Waals surface area contributed by atoms with E-state index in [1.54, 1.807) is 23.3 Å². The summed E-state index contributed by atoms with van der Waals surface area (Å²) in [6.45, 7) is 4.47. The number of hydrogen-bond donors (Lipinski definition) is 1. The Morgan fingerprint density at radius 2 is 2.15 bits per heavy atom. The molecule has 140 valence electrons. The van der Waals surface area contributed by atoms with Crippen molar-refractivity contribution in [2.24, 2.45) is 7.05 Å². The molecule has 3 aromatic rings. The number of anilines is 1. The van der Waals surface area contributed by atoms with Crippen molar-refractivity contribution in [1.29, 1.82) is 0 Å². The second-order valence-corrected chi connectivity index (χ2v) is 6.83. The summed E-state index contributed by atoms with van der Waals surface area (Å²) in [6.07, 6.45) is 7.22. The monoisotopic (exact) mass is 366 g/mol. The number of nitrogens with one attached hydrogen (secondary N) is 1. The van der Waals surface area contributed by atoms with E-state index in [1.165, 1.54) is 0 Å². The maximum Gasteiger partial charge on any atom is 0.239 e. The first-order valence-corrected chi connectivity index (χ1v) is 8.95. The zero-order valence-corrected chi connectivity index (χ0v) is 15.4. The topological polar surface area (TPSA) is 85.2 Å². The summed E-state index contributed by atoms with van der Waals surface area (Å²) < 4.78 is 7.16. The lowest BCUT2D eigenvalue weighted by atomic mass is 10.1. The summed E-state index contributed by atoms with van der Waals surface area (Å²) in [4.78, 5) is 23.3. The van der Waals surface area contributed by atoms with Crippen molar-refractivity contribution in [3.05, 3.63) is 36.9 Å². The number of amides is 1. The van der Waals surface area contributed by atoms with E-state index in [9.17, 15) is 4.79 Å². The molecule has 0 aromatic carbocycles. The summed E-state index contributed by atoms with van der Waals surface area (Å²) in [7, 11) is 1.88. The molecular formula is C19H22N6O2. The minimum atomic E-state index is -0.0769. The lowest BCUT2D eigenvalue weighted by Crippen LogP contribution is -2.47. The molecule has 27 heavy (non-hydrogen) atoms. The first kappa shape index (κ1) is 17.6. The van der Waals surface area contributed by atoms with Crippen LogP contribution in [0.15, 0.2) is 36.9 Å². The molecule has 0 radical (unpaired) electrons. The van der Waals surface area contributed by atoms with E-state index in [1.807, 2.05) is 25.4 Å². The van der Waals surface area contributed by atoms with Gasteiger partial charge in [-0.1, -0.05) is 0 Å². The van der Waals surface area contributed by atoms with Crippen LogP contribution in [0.5, 0.6) is 0 Å². The molecule has 8 heteroatoms. The molecule has 0 aliphatic carbocycles. The summed E-state index contributed by atoms with van der Waals surface area (Å²) in [5.41, 5.74) is 2.75. The van der Waals surface area contributed by atoms with Crippen LogP contribution < -0.4 is 5.32 Å². The number of morpholine rings is 1. The molecule has 1 atom stereocenters. The Morgan fingerprint density at radius 3 is 2.93 bits per heavy atom. The minimum absolute atomic E-state index is 0.0769. The molecule has 4 heterocycles. The lowest BCUT2D eigenvalue weighted by Gasteiger charge is -2.32. The van der Waals surface area contributed by atoms with E-state index in [0.29, 0.717) is 25.6 Å². The van der Waals surface area contributed by atoms with E-state index in [4.69, 9.17) is 4.74 Å². The summed E-state index contributed by atoms with van der Waals surface area (Å²) in [6, 6.07) is 4.11. The van der Waals surface area contributed by atoms with Gasteiger partial charge >= 0.3 is 0 Å². The van der Waals surface area contributed by atoms with E-state index in [0.717, 1.165) is 28.6 Å². The third-order valence-corrected chi connectivity index (χ3v) is 4.73. The smallest absolute Gasteiger partial charge is 0.239 e. The SMILES string of the molecule is C[C@H]1COCCN1CC(=O)Nc1cc2cc(-c3cnn(C)c3)cnc2cn1. The molecule has 1 aliphatic rings. The van der Waals surface area contributed by atoms with Crippen molar-refractivity contribution >= 4 is 22.6 Å². The standard InChI is InChI=1S/C19H22N6O2/c1-13-12-27-4-3-25(13)11-19(26)23-18-6-14-5-15(7-20-17(14)9-21-18)16-8-22-24(2)10-16/h5-10,13H,3-4,11-12H2,1-2H3,(H,21,23,26)/t13-/m0/s1. The second kappa shape index (κ2) is 7.42. The van der Waals surface area contributed by atoms with Gasteiger partial charge in [-0.3, -0.25) is 19.4 Å². The van der Waals surface area contributed by atoms with Crippen molar-refractivity contribution in [1.82, 2.24) is 24.6 Å². The number of ether oxygens (including phenoxy) is 1. The van der Waals surface area contributed by atoms with Gasteiger partial charge in [0, 0.05) is 48.5 Å². The van der Waals surface area contributed by atoms with Crippen LogP contribution in [-0.2, 0) is 16.6 Å². The van der Waals surface area contributed by atoms with Crippen molar-refractivity contribution in [3.8, 4) is 11.1 Å². The number of fused-ring (bicyclic) bond motifs is 1. The van der Waals surface area contributed by atoms with Crippen LogP contribution in [0.2, 0.25) is 0 Å². The van der Waals surface area contributed by atoms with Gasteiger partial charge in [-0.15, -0.1) is 0 Å². The van der Waals surface area contributed by atoms with Crippen molar-refractivity contribution < 1.29 is 9.53 Å². The van der Waals surface area contributed by atoms with E-state index >= 15 is 0 Å². The quantitative estimate of drug-likeness (QED) is 0.756. The van der Waals surface area contributed by atoms with Gasteiger partial charge in [0.1, 0.15) is 5.82 Å². The van der Waals surface area contributed by atoms with Crippen molar-refractivity contribution in [2.75, 3.05) is 31.6 Å². The number of carbonyl (C=O) groups excluding carboxylic acids is 1. The van der Waals surface area contributed by atoms with Gasteiger partial charge in [0.25, 0.3) is 0 Å². The Balaban J connectivity index is 1.51. The fraction of sp³-hybridized carbons (Fsp3) is 0.368. The van der Waals surface area contributed by atoms with Crippen molar-refractivity contribution in [3.63, 3.8) is 0 Å². The first-order chi connectivity index (χ1) is 13.1. The van der Waals surface area contributed by atoms with Crippen LogP contribution in [0, 0.1) is 0 Å². The number of aromatic nitrogens is 4. The maximum atomic E-state index is 12.4. The number of rotatable bonds is 4. The molecule has 0 unspecified atom stereocenters. The zero-order valence-electron chi connectivity index (χ0n) is 15.4. The number of pyridine rings is 2. The minimum Gasteiger partial charge on any atom is -0.379 e. The average Bonchev–Trinajstić information content (AvgIpc) is 3.09. The third-order valence-electron chi connectivity index (χ3n) is 4.73. The molecule has 8 nitrogen and oxygen atoms in total. The highest BCUT2D eigenvalue weighted by molar-refractivity contribution is 5.93. The number of carbonyl (C=O) groups is 1. The van der Waals surface area contributed by atoms with Crippen LogP contribution in [-0.4, -0.2) is 62.9 Å². The molecule has 0 saturated carbocycles. The molecule has 1 saturated heterocycles. The maximum absolute atomic E-state index is 12.4. The highest BCUT2D eigenvalue weighted by Crippen LogP contribution is 2.23. The highest BCUT2D eigenvalue weighted by Gasteiger charge is 2.21. The lowest BCUT2D eigenvalue weighted by molar-refractivity contribution is -0.119. The summed E-state index contributed by atoms with van der Waals surface area (Å²) in [5, 5.41) is 8.00. The Kier molecular flexibility index (Phi) is 4.83. The largest absolute Gasteiger partial charge is 0.379 e. The van der Waals surface area contributed by atoms with Crippen LogP contribution in [0.3, 0.4) is 0 Å². The van der Waals surface area contributed by atoms with Crippen LogP contribution >= 0.6 is 0 Å². The molecule has 1 N–H and O–H groups in total. The van der Waals surface area contributed by atoms with Gasteiger partial charge < -0.3 is 10.1 Å². The predicted molar refractivity (Wildman–Crippen MR) is 102 cm³/mol. The molecule has 0 spiro atoms. The molecule has 3 aromatic heterocycles. The number of hydrogen-bond acceptors (Lipinski definition) is 6. The van der Waals surface area contributed by atoms with Gasteiger partial charge in [-0.25, -0.2) is 4.98 Å². The summed E-state index contributed by atoms with van der Waals surface area (Å²) >= 11 is 0. The van der Waals surface area contributed by atoms with Crippen LogP contribution in [0.25, 0.3) is 22.0 Å². The van der Waals surface area contributed by atoms with E-state index < -0.39 is 0 Å². The van der Waals surface area contributed by atoms with E-state index in [-0.39, 0.29) is 11.9 Å². The van der Waals surface area contributed by atoms with E-state index in [2.05, 4.69) is 32.2 Å². The van der Waals surface area contributed by atoms with Crippen LogP contribution in [0.4, 0.5) is 5.82 Å². The molecular weight excluding hydrogens is 344 g/mol. The Bertz CT molecular complexity index is 970. The number of aryl methyl sites for hydroxylation is 1. The van der Waals surface area contributed by atoms with Crippen LogP contribution in [0.1, 0.15) is 6.92 Å². The first-order valence-electron chi connectivity index (χ1n) is 8.95. The summed E-state index contributed by atoms with van der Waals surface area (Å²) in [5.74, 6) is 0.450. The van der Waals surface area contributed by atoms with Gasteiger partial charge in [0.05, 0.1) is 37.7 Å². The third kappa shape index (κ3) is 3.96. The van der Waals surface area contributed by atoms with Crippen molar-refractivity contribution in [2.45, 2.75) is 13.0 Å². The molecule has 1 amide bonds. The number of nitrogens with zero attached hydrogens (tertiary/aromatic N) is 5.